The minimum atomic E-state index is -3.56. The van der Waals surface area contributed by atoms with E-state index in [9.17, 15) is 13.2 Å². The molecular weight excluding hydrogens is 404 g/mol. The molecule has 0 aliphatic carbocycles. The van der Waals surface area contributed by atoms with Crippen molar-refractivity contribution in [3.8, 4) is 5.75 Å². The number of hydrogen-bond acceptors (Lipinski definition) is 5. The lowest BCUT2D eigenvalue weighted by Gasteiger charge is -2.33. The van der Waals surface area contributed by atoms with Gasteiger partial charge in [0.25, 0.3) is 5.91 Å². The SMILES string of the molecule is CCOc1ccc2oc(C(=O)N3CCN(S(=O)(=O)c4ccccc4)CC3)c(C)c2c1. The van der Waals surface area contributed by atoms with Crippen molar-refractivity contribution in [3.63, 3.8) is 0 Å². The van der Waals surface area contributed by atoms with E-state index in [0.29, 0.717) is 25.3 Å². The average molecular weight is 429 g/mol. The highest BCUT2D eigenvalue weighted by molar-refractivity contribution is 7.89. The van der Waals surface area contributed by atoms with Gasteiger partial charge in [0.05, 0.1) is 11.5 Å². The van der Waals surface area contributed by atoms with Crippen LogP contribution in [-0.4, -0.2) is 56.3 Å². The molecule has 0 atom stereocenters. The van der Waals surface area contributed by atoms with Gasteiger partial charge in [-0.15, -0.1) is 0 Å². The minimum Gasteiger partial charge on any atom is -0.494 e. The minimum absolute atomic E-state index is 0.224. The van der Waals surface area contributed by atoms with Crippen LogP contribution in [0.1, 0.15) is 23.0 Å². The Morgan fingerprint density at radius 2 is 1.77 bits per heavy atom. The van der Waals surface area contributed by atoms with Crippen molar-refractivity contribution >= 4 is 26.9 Å². The van der Waals surface area contributed by atoms with E-state index in [2.05, 4.69) is 0 Å². The first-order chi connectivity index (χ1) is 14.4. The first-order valence-corrected chi connectivity index (χ1v) is 11.4. The predicted octanol–water partition coefficient (Wildman–Crippen LogP) is 3.29. The zero-order valence-electron chi connectivity index (χ0n) is 17.0. The summed E-state index contributed by atoms with van der Waals surface area (Å²) < 4.78 is 38.4. The molecule has 1 aromatic heterocycles. The number of fused-ring (bicyclic) bond motifs is 1. The molecule has 0 unspecified atom stereocenters. The van der Waals surface area contributed by atoms with Crippen LogP contribution >= 0.6 is 0 Å². The second-order valence-corrected chi connectivity index (χ2v) is 9.09. The fraction of sp³-hybridized carbons (Fsp3) is 0.318. The summed E-state index contributed by atoms with van der Waals surface area (Å²) in [4.78, 5) is 15.0. The van der Waals surface area contributed by atoms with Gasteiger partial charge in [-0.3, -0.25) is 4.79 Å². The normalized spacial score (nSPS) is 15.5. The van der Waals surface area contributed by atoms with Crippen LogP contribution in [0, 0.1) is 6.92 Å². The number of rotatable bonds is 5. The van der Waals surface area contributed by atoms with Gasteiger partial charge in [0, 0.05) is 37.1 Å². The number of sulfonamides is 1. The molecule has 4 rings (SSSR count). The van der Waals surface area contributed by atoms with Crippen molar-refractivity contribution in [2.45, 2.75) is 18.7 Å². The van der Waals surface area contributed by atoms with Crippen molar-refractivity contribution in [1.82, 2.24) is 9.21 Å². The summed E-state index contributed by atoms with van der Waals surface area (Å²) in [6.45, 7) is 5.44. The first kappa shape index (κ1) is 20.4. The summed E-state index contributed by atoms with van der Waals surface area (Å²) in [5.41, 5.74) is 1.39. The molecule has 30 heavy (non-hydrogen) atoms. The van der Waals surface area contributed by atoms with Gasteiger partial charge in [-0.25, -0.2) is 8.42 Å². The van der Waals surface area contributed by atoms with Gasteiger partial charge in [-0.1, -0.05) is 18.2 Å². The smallest absolute Gasteiger partial charge is 0.289 e. The Hall–Kier alpha value is -2.84. The lowest BCUT2D eigenvalue weighted by molar-refractivity contribution is 0.0667. The second kappa shape index (κ2) is 8.12. The van der Waals surface area contributed by atoms with Crippen LogP contribution in [-0.2, 0) is 10.0 Å². The van der Waals surface area contributed by atoms with E-state index in [4.69, 9.17) is 9.15 Å². The molecule has 2 heterocycles. The fourth-order valence-corrected chi connectivity index (χ4v) is 5.12. The summed E-state index contributed by atoms with van der Waals surface area (Å²) >= 11 is 0. The van der Waals surface area contributed by atoms with E-state index < -0.39 is 10.0 Å². The number of benzene rings is 2. The molecule has 1 aliphatic rings. The number of aryl methyl sites for hydroxylation is 1. The van der Waals surface area contributed by atoms with Crippen molar-refractivity contribution in [2.75, 3.05) is 32.8 Å². The number of piperazine rings is 1. The molecule has 0 saturated carbocycles. The van der Waals surface area contributed by atoms with Crippen LogP contribution in [0.25, 0.3) is 11.0 Å². The zero-order chi connectivity index (χ0) is 21.3. The summed E-state index contributed by atoms with van der Waals surface area (Å²) in [5.74, 6) is 0.795. The Morgan fingerprint density at radius 3 is 2.43 bits per heavy atom. The molecule has 0 radical (unpaired) electrons. The Kier molecular flexibility index (Phi) is 5.53. The number of amides is 1. The number of carbonyl (C=O) groups excluding carboxylic acids is 1. The number of hydrogen-bond donors (Lipinski definition) is 0. The molecule has 3 aromatic rings. The molecule has 1 aliphatic heterocycles. The number of furan rings is 1. The third-order valence-electron chi connectivity index (χ3n) is 5.32. The maximum Gasteiger partial charge on any atom is 0.289 e. The maximum absolute atomic E-state index is 13.1. The standard InChI is InChI=1S/C22H24N2O5S/c1-3-28-17-9-10-20-19(15-17)16(2)21(29-20)22(25)23-11-13-24(14-12-23)30(26,27)18-7-5-4-6-8-18/h4-10,15H,3,11-14H2,1-2H3. The Balaban J connectivity index is 1.50. The molecule has 2 aromatic carbocycles. The van der Waals surface area contributed by atoms with Crippen molar-refractivity contribution < 1.29 is 22.4 Å². The second-order valence-electron chi connectivity index (χ2n) is 7.16. The Morgan fingerprint density at radius 1 is 1.07 bits per heavy atom. The van der Waals surface area contributed by atoms with Gasteiger partial charge < -0.3 is 14.1 Å². The monoisotopic (exact) mass is 428 g/mol. The molecule has 0 bridgehead atoms. The molecule has 8 heteroatoms. The van der Waals surface area contributed by atoms with Crippen molar-refractivity contribution in [2.24, 2.45) is 0 Å². The highest BCUT2D eigenvalue weighted by Crippen LogP contribution is 2.30. The maximum atomic E-state index is 13.1. The van der Waals surface area contributed by atoms with Crippen LogP contribution in [0.3, 0.4) is 0 Å². The highest BCUT2D eigenvalue weighted by Gasteiger charge is 2.32. The van der Waals surface area contributed by atoms with Crippen LogP contribution in [0.4, 0.5) is 0 Å². The number of ether oxygens (including phenoxy) is 1. The molecule has 1 amide bonds. The molecule has 158 valence electrons. The lowest BCUT2D eigenvalue weighted by Crippen LogP contribution is -2.50. The highest BCUT2D eigenvalue weighted by atomic mass is 32.2. The molecule has 7 nitrogen and oxygen atoms in total. The largest absolute Gasteiger partial charge is 0.494 e. The van der Waals surface area contributed by atoms with Crippen LogP contribution in [0.2, 0.25) is 0 Å². The third-order valence-corrected chi connectivity index (χ3v) is 7.23. The van der Waals surface area contributed by atoms with Gasteiger partial charge in [-0.05, 0) is 44.2 Å². The topological polar surface area (TPSA) is 80.1 Å². The predicted molar refractivity (Wildman–Crippen MR) is 113 cm³/mol. The van der Waals surface area contributed by atoms with Crippen molar-refractivity contribution in [1.29, 1.82) is 0 Å². The van der Waals surface area contributed by atoms with Crippen LogP contribution in [0.5, 0.6) is 5.75 Å². The van der Waals surface area contributed by atoms with E-state index in [1.54, 1.807) is 41.3 Å². The van der Waals surface area contributed by atoms with Gasteiger partial charge in [0.15, 0.2) is 5.76 Å². The number of carbonyl (C=O) groups is 1. The van der Waals surface area contributed by atoms with E-state index in [0.717, 1.165) is 16.7 Å². The summed E-state index contributed by atoms with van der Waals surface area (Å²) in [6, 6.07) is 13.8. The Bertz CT molecular complexity index is 1160. The fourth-order valence-electron chi connectivity index (χ4n) is 3.68. The molecule has 0 N–H and O–H groups in total. The van der Waals surface area contributed by atoms with Gasteiger partial charge >= 0.3 is 0 Å². The molecular formula is C22H24N2O5S. The summed E-state index contributed by atoms with van der Waals surface area (Å²) in [6.07, 6.45) is 0. The quantitative estimate of drug-likeness (QED) is 0.623. The first-order valence-electron chi connectivity index (χ1n) is 9.92. The third kappa shape index (κ3) is 3.68. The van der Waals surface area contributed by atoms with Crippen LogP contribution < -0.4 is 4.74 Å². The van der Waals surface area contributed by atoms with E-state index in [1.807, 2.05) is 26.0 Å². The number of nitrogens with zero attached hydrogens (tertiary/aromatic N) is 2. The van der Waals surface area contributed by atoms with Crippen molar-refractivity contribution in [3.05, 3.63) is 59.9 Å². The molecule has 1 fully saturated rings. The Labute approximate surface area is 175 Å². The van der Waals surface area contributed by atoms with Gasteiger partial charge in [-0.2, -0.15) is 4.31 Å². The zero-order valence-corrected chi connectivity index (χ0v) is 17.8. The summed E-state index contributed by atoms with van der Waals surface area (Å²) in [7, 11) is -3.56. The van der Waals surface area contributed by atoms with Gasteiger partial charge in [0.1, 0.15) is 11.3 Å². The molecule has 0 spiro atoms. The van der Waals surface area contributed by atoms with Gasteiger partial charge in [0.2, 0.25) is 10.0 Å². The van der Waals surface area contributed by atoms with Crippen LogP contribution in [0.15, 0.2) is 57.8 Å². The van der Waals surface area contributed by atoms with E-state index >= 15 is 0 Å². The van der Waals surface area contributed by atoms with E-state index in [1.165, 1.54) is 4.31 Å². The molecule has 1 saturated heterocycles. The van der Waals surface area contributed by atoms with E-state index in [-0.39, 0.29) is 29.7 Å². The lowest BCUT2D eigenvalue weighted by atomic mass is 10.1. The summed E-state index contributed by atoms with van der Waals surface area (Å²) in [5, 5.41) is 0.842. The average Bonchev–Trinajstić information content (AvgIpc) is 3.10.